The number of alkyl halides is 3. The fraction of sp³-hybridized carbons (Fsp3) is 0.467. The Hall–Kier alpha value is -1.94. The van der Waals surface area contributed by atoms with Crippen LogP contribution >= 0.6 is 11.8 Å². The quantitative estimate of drug-likeness (QED) is 0.751. The van der Waals surface area contributed by atoms with Gasteiger partial charge in [-0.2, -0.15) is 0 Å². The van der Waals surface area contributed by atoms with Crippen molar-refractivity contribution in [3.8, 4) is 5.75 Å². The summed E-state index contributed by atoms with van der Waals surface area (Å²) < 4.78 is 47.6. The topological polar surface area (TPSA) is 52.4 Å². The SMILES string of the molecule is Cn1c(SCc2ccc(OC(F)(F)F)cc2)nnc1N1CCOCC1. The van der Waals surface area contributed by atoms with E-state index in [1.807, 2.05) is 11.6 Å². The second-order valence-electron chi connectivity index (χ2n) is 5.42. The van der Waals surface area contributed by atoms with Crippen LogP contribution in [0.3, 0.4) is 0 Å². The Balaban J connectivity index is 1.59. The molecule has 2 aromatic rings. The first-order valence-electron chi connectivity index (χ1n) is 7.62. The van der Waals surface area contributed by atoms with Crippen molar-refractivity contribution in [1.82, 2.24) is 14.8 Å². The highest BCUT2D eigenvalue weighted by Gasteiger charge is 2.30. The minimum atomic E-state index is -4.68. The summed E-state index contributed by atoms with van der Waals surface area (Å²) in [7, 11) is 1.90. The Bertz CT molecular complexity index is 700. The monoisotopic (exact) mass is 374 g/mol. The van der Waals surface area contributed by atoms with E-state index in [2.05, 4.69) is 19.8 Å². The highest BCUT2D eigenvalue weighted by Crippen LogP contribution is 2.27. The van der Waals surface area contributed by atoms with E-state index in [-0.39, 0.29) is 5.75 Å². The van der Waals surface area contributed by atoms with Crippen LogP contribution in [0.15, 0.2) is 29.4 Å². The molecule has 1 aliphatic heterocycles. The third-order valence-electron chi connectivity index (χ3n) is 3.63. The Kier molecular flexibility index (Phi) is 5.38. The van der Waals surface area contributed by atoms with Crippen molar-refractivity contribution < 1.29 is 22.6 Å². The first kappa shape index (κ1) is 17.9. The molecule has 0 unspecified atom stereocenters. The Labute approximate surface area is 146 Å². The van der Waals surface area contributed by atoms with Crippen LogP contribution < -0.4 is 9.64 Å². The zero-order valence-electron chi connectivity index (χ0n) is 13.5. The smallest absolute Gasteiger partial charge is 0.406 e. The van der Waals surface area contributed by atoms with E-state index in [0.717, 1.165) is 29.8 Å². The van der Waals surface area contributed by atoms with Crippen molar-refractivity contribution in [1.29, 1.82) is 0 Å². The van der Waals surface area contributed by atoms with E-state index in [0.29, 0.717) is 19.0 Å². The minimum absolute atomic E-state index is 0.227. The molecule has 0 bridgehead atoms. The predicted molar refractivity (Wildman–Crippen MR) is 86.7 cm³/mol. The lowest BCUT2D eigenvalue weighted by atomic mass is 10.2. The molecule has 2 heterocycles. The van der Waals surface area contributed by atoms with E-state index >= 15 is 0 Å². The number of hydrogen-bond donors (Lipinski definition) is 0. The van der Waals surface area contributed by atoms with Gasteiger partial charge < -0.3 is 14.4 Å². The van der Waals surface area contributed by atoms with Crippen LogP contribution in [0.5, 0.6) is 5.75 Å². The van der Waals surface area contributed by atoms with Gasteiger partial charge in [0.15, 0.2) is 5.16 Å². The van der Waals surface area contributed by atoms with Gasteiger partial charge in [-0.25, -0.2) is 0 Å². The number of benzene rings is 1. The van der Waals surface area contributed by atoms with Crippen molar-refractivity contribution in [3.63, 3.8) is 0 Å². The number of morpholine rings is 1. The van der Waals surface area contributed by atoms with Crippen LogP contribution in [-0.4, -0.2) is 47.4 Å². The summed E-state index contributed by atoms with van der Waals surface area (Å²) in [6.45, 7) is 2.89. The van der Waals surface area contributed by atoms with Gasteiger partial charge in [-0.05, 0) is 17.7 Å². The summed E-state index contributed by atoms with van der Waals surface area (Å²) in [4.78, 5) is 2.11. The molecular formula is C15H17F3N4O2S. The van der Waals surface area contributed by atoms with Crippen LogP contribution in [0.4, 0.5) is 19.1 Å². The van der Waals surface area contributed by atoms with Crippen LogP contribution in [0.25, 0.3) is 0 Å². The fourth-order valence-electron chi connectivity index (χ4n) is 2.41. The van der Waals surface area contributed by atoms with E-state index in [1.54, 1.807) is 12.1 Å². The predicted octanol–water partition coefficient (Wildman–Crippen LogP) is 2.84. The second kappa shape index (κ2) is 7.52. The van der Waals surface area contributed by atoms with Gasteiger partial charge in [-0.3, -0.25) is 4.57 Å². The average molecular weight is 374 g/mol. The van der Waals surface area contributed by atoms with E-state index < -0.39 is 6.36 Å². The third kappa shape index (κ3) is 4.79. The molecule has 10 heteroatoms. The Morgan fingerprint density at radius 3 is 2.48 bits per heavy atom. The molecule has 0 radical (unpaired) electrons. The molecular weight excluding hydrogens is 357 g/mol. The van der Waals surface area contributed by atoms with Gasteiger partial charge in [-0.1, -0.05) is 23.9 Å². The van der Waals surface area contributed by atoms with E-state index in [4.69, 9.17) is 4.74 Å². The van der Waals surface area contributed by atoms with Gasteiger partial charge >= 0.3 is 6.36 Å². The van der Waals surface area contributed by atoms with Crippen LogP contribution in [0.2, 0.25) is 0 Å². The lowest BCUT2D eigenvalue weighted by Crippen LogP contribution is -2.37. The number of aromatic nitrogens is 3. The molecule has 136 valence electrons. The number of anilines is 1. The van der Waals surface area contributed by atoms with Crippen LogP contribution in [0, 0.1) is 0 Å². The minimum Gasteiger partial charge on any atom is -0.406 e. The molecule has 1 aliphatic rings. The number of halogens is 3. The van der Waals surface area contributed by atoms with Crippen molar-refractivity contribution >= 4 is 17.7 Å². The molecule has 0 spiro atoms. The number of hydrogen-bond acceptors (Lipinski definition) is 6. The van der Waals surface area contributed by atoms with Crippen molar-refractivity contribution in [3.05, 3.63) is 29.8 Å². The van der Waals surface area contributed by atoms with Crippen molar-refractivity contribution in [2.24, 2.45) is 7.05 Å². The first-order chi connectivity index (χ1) is 11.9. The Morgan fingerprint density at radius 1 is 1.16 bits per heavy atom. The van der Waals surface area contributed by atoms with Crippen LogP contribution in [0.1, 0.15) is 5.56 Å². The van der Waals surface area contributed by atoms with Gasteiger partial charge in [0.25, 0.3) is 0 Å². The maximum absolute atomic E-state index is 12.2. The molecule has 1 aromatic heterocycles. The molecule has 3 rings (SSSR count). The average Bonchev–Trinajstić information content (AvgIpc) is 2.94. The van der Waals surface area contributed by atoms with Gasteiger partial charge in [0, 0.05) is 25.9 Å². The largest absolute Gasteiger partial charge is 0.573 e. The maximum Gasteiger partial charge on any atom is 0.573 e. The molecule has 25 heavy (non-hydrogen) atoms. The number of ether oxygens (including phenoxy) is 2. The number of thioether (sulfide) groups is 1. The van der Waals surface area contributed by atoms with Gasteiger partial charge in [0.2, 0.25) is 5.95 Å². The first-order valence-corrected chi connectivity index (χ1v) is 8.60. The van der Waals surface area contributed by atoms with Gasteiger partial charge in [0.05, 0.1) is 13.2 Å². The number of nitrogens with zero attached hydrogens (tertiary/aromatic N) is 4. The summed E-state index contributed by atoms with van der Waals surface area (Å²) >= 11 is 1.47. The normalized spacial score (nSPS) is 15.4. The van der Waals surface area contributed by atoms with Gasteiger partial charge in [-0.15, -0.1) is 23.4 Å². The summed E-state index contributed by atoms with van der Waals surface area (Å²) in [5.41, 5.74) is 0.871. The Morgan fingerprint density at radius 2 is 1.84 bits per heavy atom. The lowest BCUT2D eigenvalue weighted by Gasteiger charge is -2.27. The van der Waals surface area contributed by atoms with Crippen LogP contribution in [-0.2, 0) is 17.5 Å². The van der Waals surface area contributed by atoms with Crippen molar-refractivity contribution in [2.45, 2.75) is 17.3 Å². The summed E-state index contributed by atoms with van der Waals surface area (Å²) in [6, 6.07) is 5.82. The highest BCUT2D eigenvalue weighted by molar-refractivity contribution is 7.98. The third-order valence-corrected chi connectivity index (χ3v) is 4.72. The fourth-order valence-corrected chi connectivity index (χ4v) is 3.27. The summed E-state index contributed by atoms with van der Waals surface area (Å²) in [5.74, 6) is 1.13. The molecule has 6 nitrogen and oxygen atoms in total. The second-order valence-corrected chi connectivity index (χ2v) is 6.36. The van der Waals surface area contributed by atoms with Crippen molar-refractivity contribution in [2.75, 3.05) is 31.2 Å². The zero-order valence-corrected chi connectivity index (χ0v) is 14.3. The van der Waals surface area contributed by atoms with E-state index in [1.165, 1.54) is 23.9 Å². The summed E-state index contributed by atoms with van der Waals surface area (Å²) in [6.07, 6.45) is -4.68. The van der Waals surface area contributed by atoms with Gasteiger partial charge in [0.1, 0.15) is 5.75 Å². The molecule has 1 fully saturated rings. The standard InChI is InChI=1S/C15H17F3N4O2S/c1-21-13(22-6-8-23-9-7-22)19-20-14(21)25-10-11-2-4-12(5-3-11)24-15(16,17)18/h2-5H,6-10H2,1H3. The molecule has 0 saturated carbocycles. The number of rotatable bonds is 5. The molecule has 0 amide bonds. The molecule has 0 aliphatic carbocycles. The summed E-state index contributed by atoms with van der Waals surface area (Å²) in [5, 5.41) is 9.16. The highest BCUT2D eigenvalue weighted by atomic mass is 32.2. The molecule has 1 saturated heterocycles. The molecule has 1 aromatic carbocycles. The maximum atomic E-state index is 12.2. The molecule has 0 atom stereocenters. The lowest BCUT2D eigenvalue weighted by molar-refractivity contribution is -0.274. The van der Waals surface area contributed by atoms with E-state index in [9.17, 15) is 13.2 Å². The molecule has 0 N–H and O–H groups in total. The zero-order chi connectivity index (χ0) is 17.9.